The van der Waals surface area contributed by atoms with Gasteiger partial charge in [-0.25, -0.2) is 0 Å². The van der Waals surface area contributed by atoms with Gasteiger partial charge in [0.25, 0.3) is 0 Å². The first-order valence-electron chi connectivity index (χ1n) is 8.55. The van der Waals surface area contributed by atoms with Crippen LogP contribution < -0.4 is 0 Å². The van der Waals surface area contributed by atoms with Gasteiger partial charge in [0.15, 0.2) is 0 Å². The molecule has 1 unspecified atom stereocenters. The molecule has 1 aromatic rings. The summed E-state index contributed by atoms with van der Waals surface area (Å²) in [5.41, 5.74) is 1.28. The molecule has 124 valence electrons. The second-order valence-corrected chi connectivity index (χ2v) is 6.84. The van der Waals surface area contributed by atoms with E-state index in [1.165, 1.54) is 5.56 Å². The minimum atomic E-state index is -0.00688. The lowest BCUT2D eigenvalue weighted by atomic mass is 9.89. The first kappa shape index (κ1) is 16.0. The van der Waals surface area contributed by atoms with Crippen LogP contribution >= 0.6 is 0 Å². The quantitative estimate of drug-likeness (QED) is 0.853. The number of piperidine rings is 2. The summed E-state index contributed by atoms with van der Waals surface area (Å²) in [5.74, 6) is 1.03. The molecule has 2 saturated heterocycles. The van der Waals surface area contributed by atoms with Crippen molar-refractivity contribution in [3.63, 3.8) is 0 Å². The Kier molecular flexibility index (Phi) is 4.94. The highest BCUT2D eigenvalue weighted by molar-refractivity contribution is 5.83. The zero-order valence-electron chi connectivity index (χ0n) is 13.8. The van der Waals surface area contributed by atoms with Crippen LogP contribution in [0.15, 0.2) is 24.5 Å². The lowest BCUT2D eigenvalue weighted by molar-refractivity contribution is -0.143. The summed E-state index contributed by atoms with van der Waals surface area (Å²) in [6, 6.07) is 4.11. The number of hydrogen-bond acceptors (Lipinski definition) is 3. The Hall–Kier alpha value is -1.91. The van der Waals surface area contributed by atoms with Crippen molar-refractivity contribution < 1.29 is 9.59 Å². The van der Waals surface area contributed by atoms with Crippen molar-refractivity contribution in [1.82, 2.24) is 14.8 Å². The van der Waals surface area contributed by atoms with Gasteiger partial charge in [0, 0.05) is 45.5 Å². The van der Waals surface area contributed by atoms with Crippen molar-refractivity contribution in [1.29, 1.82) is 0 Å². The molecule has 2 aliphatic heterocycles. The summed E-state index contributed by atoms with van der Waals surface area (Å²) in [6.07, 6.45) is 8.12. The van der Waals surface area contributed by atoms with Gasteiger partial charge < -0.3 is 9.80 Å². The molecule has 0 aliphatic carbocycles. The molecule has 0 aromatic carbocycles. The Morgan fingerprint density at radius 1 is 1.30 bits per heavy atom. The summed E-state index contributed by atoms with van der Waals surface area (Å²) < 4.78 is 0. The van der Waals surface area contributed by atoms with E-state index >= 15 is 0 Å². The summed E-state index contributed by atoms with van der Waals surface area (Å²) in [5, 5.41) is 0. The fraction of sp³-hybridized carbons (Fsp3) is 0.611. The molecule has 3 rings (SSSR count). The maximum atomic E-state index is 12.6. The number of rotatable bonds is 3. The van der Waals surface area contributed by atoms with E-state index < -0.39 is 0 Å². The van der Waals surface area contributed by atoms with E-state index in [9.17, 15) is 9.59 Å². The van der Waals surface area contributed by atoms with Crippen LogP contribution in [0.4, 0.5) is 0 Å². The zero-order valence-corrected chi connectivity index (χ0v) is 13.8. The Morgan fingerprint density at radius 2 is 2.09 bits per heavy atom. The molecule has 1 aromatic heterocycles. The van der Waals surface area contributed by atoms with Gasteiger partial charge in [-0.1, -0.05) is 6.07 Å². The van der Waals surface area contributed by atoms with Crippen molar-refractivity contribution in [2.24, 2.45) is 11.8 Å². The average Bonchev–Trinajstić information content (AvgIpc) is 2.58. The number of pyridine rings is 1. The first-order chi connectivity index (χ1) is 11.1. The number of hydrogen-bond donors (Lipinski definition) is 0. The molecule has 0 saturated carbocycles. The highest BCUT2D eigenvalue weighted by atomic mass is 16.2. The predicted octanol–water partition coefficient (Wildman–Crippen LogP) is 1.73. The molecular formula is C18H25N3O2. The van der Waals surface area contributed by atoms with Gasteiger partial charge in [-0.2, -0.15) is 0 Å². The molecule has 5 nitrogen and oxygen atoms in total. The van der Waals surface area contributed by atoms with Crippen molar-refractivity contribution in [2.45, 2.75) is 32.1 Å². The summed E-state index contributed by atoms with van der Waals surface area (Å²) in [4.78, 5) is 32.1. The molecule has 2 aliphatic rings. The molecule has 1 atom stereocenters. The van der Waals surface area contributed by atoms with Gasteiger partial charge in [0.1, 0.15) is 0 Å². The molecule has 2 amide bonds. The van der Waals surface area contributed by atoms with E-state index in [1.807, 2.05) is 17.2 Å². The van der Waals surface area contributed by atoms with Crippen molar-refractivity contribution in [3.05, 3.63) is 30.1 Å². The predicted molar refractivity (Wildman–Crippen MR) is 87.6 cm³/mol. The molecule has 0 spiro atoms. The van der Waals surface area contributed by atoms with Gasteiger partial charge in [0.05, 0.1) is 5.92 Å². The van der Waals surface area contributed by atoms with Crippen LogP contribution in [0.2, 0.25) is 0 Å². The molecule has 0 N–H and O–H groups in total. The molecule has 3 heterocycles. The lowest BCUT2D eigenvalue weighted by Crippen LogP contribution is -2.47. The van der Waals surface area contributed by atoms with E-state index in [2.05, 4.69) is 11.1 Å². The Morgan fingerprint density at radius 3 is 2.74 bits per heavy atom. The summed E-state index contributed by atoms with van der Waals surface area (Å²) >= 11 is 0. The van der Waals surface area contributed by atoms with Crippen molar-refractivity contribution in [3.8, 4) is 0 Å². The van der Waals surface area contributed by atoms with E-state index in [1.54, 1.807) is 18.1 Å². The number of aromatic nitrogens is 1. The third kappa shape index (κ3) is 3.89. The van der Waals surface area contributed by atoms with E-state index in [0.717, 1.165) is 32.4 Å². The SMILES string of the molecule is CN1CC(C(=O)N2CCC(Cc3cccnc3)CC2)CCC1=O. The molecule has 0 radical (unpaired) electrons. The highest BCUT2D eigenvalue weighted by Crippen LogP contribution is 2.25. The number of amides is 2. The second-order valence-electron chi connectivity index (χ2n) is 6.84. The summed E-state index contributed by atoms with van der Waals surface area (Å²) in [6.45, 7) is 2.27. The van der Waals surface area contributed by atoms with Gasteiger partial charge in [-0.15, -0.1) is 0 Å². The third-order valence-electron chi connectivity index (χ3n) is 5.15. The third-order valence-corrected chi connectivity index (χ3v) is 5.15. The van der Waals surface area contributed by atoms with Gasteiger partial charge in [0.2, 0.25) is 11.8 Å². The second kappa shape index (κ2) is 7.11. The van der Waals surface area contributed by atoms with Gasteiger partial charge in [-0.3, -0.25) is 14.6 Å². The van der Waals surface area contributed by atoms with Crippen LogP contribution in [0.5, 0.6) is 0 Å². The number of carbonyl (C=O) groups is 2. The number of nitrogens with zero attached hydrogens (tertiary/aromatic N) is 3. The topological polar surface area (TPSA) is 53.5 Å². The molecular weight excluding hydrogens is 290 g/mol. The maximum Gasteiger partial charge on any atom is 0.227 e. The smallest absolute Gasteiger partial charge is 0.227 e. The van der Waals surface area contributed by atoms with Crippen LogP contribution in [-0.2, 0) is 16.0 Å². The number of carbonyl (C=O) groups excluding carboxylic acids is 2. The van der Waals surface area contributed by atoms with E-state index in [4.69, 9.17) is 0 Å². The van der Waals surface area contributed by atoms with E-state index in [0.29, 0.717) is 25.3 Å². The highest BCUT2D eigenvalue weighted by Gasteiger charge is 2.32. The molecule has 5 heteroatoms. The Balaban J connectivity index is 1.49. The fourth-order valence-electron chi connectivity index (χ4n) is 3.68. The number of likely N-dealkylation sites (tertiary alicyclic amines) is 2. The van der Waals surface area contributed by atoms with E-state index in [-0.39, 0.29) is 17.7 Å². The maximum absolute atomic E-state index is 12.6. The van der Waals surface area contributed by atoms with Gasteiger partial charge >= 0.3 is 0 Å². The van der Waals surface area contributed by atoms with Crippen LogP contribution in [0.3, 0.4) is 0 Å². The van der Waals surface area contributed by atoms with Crippen LogP contribution in [0, 0.1) is 11.8 Å². The fourth-order valence-corrected chi connectivity index (χ4v) is 3.68. The standard InChI is InChI=1S/C18H25N3O2/c1-20-13-16(4-5-17(20)22)18(23)21-9-6-14(7-10-21)11-15-3-2-8-19-12-15/h2-3,8,12,14,16H,4-7,9-11,13H2,1H3. The van der Waals surface area contributed by atoms with Crippen LogP contribution in [0.25, 0.3) is 0 Å². The Labute approximate surface area is 137 Å². The first-order valence-corrected chi connectivity index (χ1v) is 8.55. The minimum absolute atomic E-state index is 0.00688. The molecule has 23 heavy (non-hydrogen) atoms. The largest absolute Gasteiger partial charge is 0.345 e. The van der Waals surface area contributed by atoms with Crippen molar-refractivity contribution >= 4 is 11.8 Å². The zero-order chi connectivity index (χ0) is 16.2. The summed E-state index contributed by atoms with van der Waals surface area (Å²) in [7, 11) is 1.79. The molecule has 2 fully saturated rings. The monoisotopic (exact) mass is 315 g/mol. The van der Waals surface area contributed by atoms with Crippen LogP contribution in [0.1, 0.15) is 31.2 Å². The van der Waals surface area contributed by atoms with Crippen LogP contribution in [-0.4, -0.2) is 53.3 Å². The lowest BCUT2D eigenvalue weighted by Gasteiger charge is -2.36. The van der Waals surface area contributed by atoms with Crippen molar-refractivity contribution in [2.75, 3.05) is 26.7 Å². The normalized spacial score (nSPS) is 23.2. The minimum Gasteiger partial charge on any atom is -0.345 e. The Bertz CT molecular complexity index is 553. The van der Waals surface area contributed by atoms with Gasteiger partial charge in [-0.05, 0) is 43.2 Å². The average molecular weight is 315 g/mol. The molecule has 0 bridgehead atoms.